The second-order valence-corrected chi connectivity index (χ2v) is 5.06. The lowest BCUT2D eigenvalue weighted by Gasteiger charge is -2.29. The summed E-state index contributed by atoms with van der Waals surface area (Å²) >= 11 is 0. The average molecular weight is 217 g/mol. The summed E-state index contributed by atoms with van der Waals surface area (Å²) in [7, 11) is 0. The molecule has 16 heavy (non-hydrogen) atoms. The van der Waals surface area contributed by atoms with E-state index in [2.05, 4.69) is 42.6 Å². The molecule has 1 heteroatoms. The number of hydrogen-bond acceptors (Lipinski definition) is 1. The minimum Gasteiger partial charge on any atom is -0.313 e. The van der Waals surface area contributed by atoms with Gasteiger partial charge in [0.1, 0.15) is 0 Å². The maximum Gasteiger partial charge on any atom is 0.00928 e. The van der Waals surface area contributed by atoms with Gasteiger partial charge in [0, 0.05) is 6.04 Å². The highest BCUT2D eigenvalue weighted by Gasteiger charge is 2.19. The van der Waals surface area contributed by atoms with Crippen molar-refractivity contribution in [2.75, 3.05) is 6.54 Å². The standard InChI is InChI=1S/C15H23N/c1-13-7-5-6-10-15(13)16-12-11-14-8-3-2-4-9-14/h2-4,8-9,13,15-16H,5-7,10-12H2,1H3. The van der Waals surface area contributed by atoms with E-state index in [1.54, 1.807) is 0 Å². The van der Waals surface area contributed by atoms with Gasteiger partial charge in [-0.25, -0.2) is 0 Å². The molecule has 1 aromatic rings. The van der Waals surface area contributed by atoms with Crippen LogP contribution in [-0.2, 0) is 6.42 Å². The van der Waals surface area contributed by atoms with Gasteiger partial charge in [0.05, 0.1) is 0 Å². The summed E-state index contributed by atoms with van der Waals surface area (Å²) in [4.78, 5) is 0. The third kappa shape index (κ3) is 3.34. The molecule has 2 atom stereocenters. The van der Waals surface area contributed by atoms with Crippen LogP contribution in [0.4, 0.5) is 0 Å². The molecule has 0 amide bonds. The molecule has 1 nitrogen and oxygen atoms in total. The van der Waals surface area contributed by atoms with Crippen LogP contribution < -0.4 is 5.32 Å². The number of benzene rings is 1. The van der Waals surface area contributed by atoms with Crippen molar-refractivity contribution in [1.82, 2.24) is 5.32 Å². The molecular weight excluding hydrogens is 194 g/mol. The number of hydrogen-bond donors (Lipinski definition) is 1. The fraction of sp³-hybridized carbons (Fsp3) is 0.600. The molecule has 2 rings (SSSR count). The summed E-state index contributed by atoms with van der Waals surface area (Å²) < 4.78 is 0. The second-order valence-electron chi connectivity index (χ2n) is 5.06. The quantitative estimate of drug-likeness (QED) is 0.815. The fourth-order valence-electron chi connectivity index (χ4n) is 2.67. The lowest BCUT2D eigenvalue weighted by Crippen LogP contribution is -2.38. The molecule has 2 unspecified atom stereocenters. The Bertz CT molecular complexity index is 294. The van der Waals surface area contributed by atoms with Crippen molar-refractivity contribution in [1.29, 1.82) is 0 Å². The third-order valence-corrected chi connectivity index (χ3v) is 3.77. The van der Waals surface area contributed by atoms with Gasteiger partial charge in [-0.15, -0.1) is 0 Å². The minimum absolute atomic E-state index is 0.762. The molecule has 1 aromatic carbocycles. The Balaban J connectivity index is 1.71. The van der Waals surface area contributed by atoms with Crippen LogP contribution in [-0.4, -0.2) is 12.6 Å². The summed E-state index contributed by atoms with van der Waals surface area (Å²) in [6, 6.07) is 11.5. The van der Waals surface area contributed by atoms with Gasteiger partial charge in [-0.05, 0) is 37.3 Å². The van der Waals surface area contributed by atoms with Gasteiger partial charge in [-0.3, -0.25) is 0 Å². The highest BCUT2D eigenvalue weighted by atomic mass is 14.9. The van der Waals surface area contributed by atoms with E-state index in [4.69, 9.17) is 0 Å². The first kappa shape index (κ1) is 11.7. The van der Waals surface area contributed by atoms with Gasteiger partial charge < -0.3 is 5.32 Å². The van der Waals surface area contributed by atoms with E-state index in [0.717, 1.165) is 24.9 Å². The summed E-state index contributed by atoms with van der Waals surface area (Å²) in [5.74, 6) is 0.865. The van der Waals surface area contributed by atoms with Crippen molar-refractivity contribution in [3.8, 4) is 0 Å². The lowest BCUT2D eigenvalue weighted by molar-refractivity contribution is 0.282. The molecule has 1 fully saturated rings. The van der Waals surface area contributed by atoms with Crippen molar-refractivity contribution in [3.05, 3.63) is 35.9 Å². The van der Waals surface area contributed by atoms with E-state index in [1.165, 1.54) is 31.2 Å². The summed E-state index contributed by atoms with van der Waals surface area (Å²) in [5, 5.41) is 3.72. The zero-order chi connectivity index (χ0) is 11.2. The fourth-order valence-corrected chi connectivity index (χ4v) is 2.67. The van der Waals surface area contributed by atoms with Gasteiger partial charge in [0.25, 0.3) is 0 Å². The molecule has 0 aliphatic heterocycles. The Morgan fingerprint density at radius 2 is 1.88 bits per heavy atom. The molecule has 1 aliphatic rings. The molecule has 0 aromatic heterocycles. The average Bonchev–Trinajstić information content (AvgIpc) is 2.33. The normalized spacial score (nSPS) is 25.6. The van der Waals surface area contributed by atoms with Crippen molar-refractivity contribution >= 4 is 0 Å². The molecule has 88 valence electrons. The van der Waals surface area contributed by atoms with E-state index in [9.17, 15) is 0 Å². The summed E-state index contributed by atoms with van der Waals surface area (Å²) in [5.41, 5.74) is 1.44. The van der Waals surface area contributed by atoms with Crippen molar-refractivity contribution in [3.63, 3.8) is 0 Å². The molecular formula is C15H23N. The first-order valence-corrected chi connectivity index (χ1v) is 6.63. The van der Waals surface area contributed by atoms with Crippen LogP contribution in [0.15, 0.2) is 30.3 Å². The van der Waals surface area contributed by atoms with Crippen LogP contribution in [0.25, 0.3) is 0 Å². The molecule has 0 radical (unpaired) electrons. The maximum absolute atomic E-state index is 3.72. The van der Waals surface area contributed by atoms with E-state index < -0.39 is 0 Å². The Labute approximate surface area is 99.3 Å². The van der Waals surface area contributed by atoms with Crippen LogP contribution in [0, 0.1) is 5.92 Å². The van der Waals surface area contributed by atoms with Gasteiger partial charge in [0.15, 0.2) is 0 Å². The molecule has 0 spiro atoms. The smallest absolute Gasteiger partial charge is 0.00928 e. The van der Waals surface area contributed by atoms with E-state index >= 15 is 0 Å². The van der Waals surface area contributed by atoms with Gasteiger partial charge in [-0.1, -0.05) is 50.1 Å². The molecule has 0 heterocycles. The molecule has 1 aliphatic carbocycles. The van der Waals surface area contributed by atoms with E-state index in [1.807, 2.05) is 0 Å². The van der Waals surface area contributed by atoms with Crippen molar-refractivity contribution in [2.24, 2.45) is 5.92 Å². The molecule has 0 bridgehead atoms. The van der Waals surface area contributed by atoms with Crippen LogP contribution in [0.2, 0.25) is 0 Å². The Hall–Kier alpha value is -0.820. The van der Waals surface area contributed by atoms with Gasteiger partial charge >= 0.3 is 0 Å². The number of nitrogens with one attached hydrogen (secondary N) is 1. The third-order valence-electron chi connectivity index (χ3n) is 3.77. The van der Waals surface area contributed by atoms with Gasteiger partial charge in [-0.2, -0.15) is 0 Å². The Morgan fingerprint density at radius 1 is 1.12 bits per heavy atom. The Morgan fingerprint density at radius 3 is 2.62 bits per heavy atom. The molecule has 0 saturated heterocycles. The highest BCUT2D eigenvalue weighted by molar-refractivity contribution is 5.14. The second kappa shape index (κ2) is 6.05. The Kier molecular flexibility index (Phi) is 4.41. The highest BCUT2D eigenvalue weighted by Crippen LogP contribution is 2.23. The molecule has 1 saturated carbocycles. The monoisotopic (exact) mass is 217 g/mol. The minimum atomic E-state index is 0.762. The lowest BCUT2D eigenvalue weighted by atomic mass is 9.86. The van der Waals surface area contributed by atoms with Crippen molar-refractivity contribution in [2.45, 2.75) is 45.1 Å². The zero-order valence-corrected chi connectivity index (χ0v) is 10.3. The van der Waals surface area contributed by atoms with E-state index in [0.29, 0.717) is 0 Å². The van der Waals surface area contributed by atoms with Crippen LogP contribution >= 0.6 is 0 Å². The summed E-state index contributed by atoms with van der Waals surface area (Å²) in [6.07, 6.45) is 6.77. The van der Waals surface area contributed by atoms with Crippen LogP contribution in [0.1, 0.15) is 38.2 Å². The van der Waals surface area contributed by atoms with Crippen molar-refractivity contribution < 1.29 is 0 Å². The topological polar surface area (TPSA) is 12.0 Å². The maximum atomic E-state index is 3.72. The predicted octanol–water partition coefficient (Wildman–Crippen LogP) is 3.40. The van der Waals surface area contributed by atoms with E-state index in [-0.39, 0.29) is 0 Å². The SMILES string of the molecule is CC1CCCCC1NCCc1ccccc1. The largest absolute Gasteiger partial charge is 0.313 e. The van der Waals surface area contributed by atoms with Crippen LogP contribution in [0.5, 0.6) is 0 Å². The van der Waals surface area contributed by atoms with Gasteiger partial charge in [0.2, 0.25) is 0 Å². The predicted molar refractivity (Wildman–Crippen MR) is 69.6 cm³/mol. The summed E-state index contributed by atoms with van der Waals surface area (Å²) in [6.45, 7) is 3.51. The zero-order valence-electron chi connectivity index (χ0n) is 10.3. The first-order valence-electron chi connectivity index (χ1n) is 6.63. The molecule has 1 N–H and O–H groups in total. The van der Waals surface area contributed by atoms with Crippen LogP contribution in [0.3, 0.4) is 0 Å². The number of rotatable bonds is 4. The first-order chi connectivity index (χ1) is 7.86.